The molecule has 0 saturated heterocycles. The van der Waals surface area contributed by atoms with E-state index in [-0.39, 0.29) is 15.4 Å². The lowest BCUT2D eigenvalue weighted by atomic mass is 9.93. The minimum absolute atomic E-state index is 0.0791. The van der Waals surface area contributed by atoms with Crippen LogP contribution in [0, 0.1) is 7.14 Å². The Labute approximate surface area is 175 Å². The van der Waals surface area contributed by atoms with Crippen molar-refractivity contribution < 1.29 is 4.79 Å². The summed E-state index contributed by atoms with van der Waals surface area (Å²) in [4.78, 5) is 13.3. The van der Waals surface area contributed by atoms with Gasteiger partial charge in [0.15, 0.2) is 5.78 Å². The van der Waals surface area contributed by atoms with E-state index in [1.54, 1.807) is 0 Å². The van der Waals surface area contributed by atoms with Crippen molar-refractivity contribution in [2.75, 3.05) is 0 Å². The zero-order valence-electron chi connectivity index (χ0n) is 12.0. The molecule has 0 N–H and O–H groups in total. The Morgan fingerprint density at radius 3 is 1.55 bits per heavy atom. The molecular formula is C17H14Br2I2O. The predicted molar refractivity (Wildman–Crippen MR) is 116 cm³/mol. The summed E-state index contributed by atoms with van der Waals surface area (Å²) in [6, 6.07) is 12.0. The minimum atomic E-state index is 0.0791. The average molecular weight is 648 g/mol. The highest BCUT2D eigenvalue weighted by molar-refractivity contribution is 14.1. The molecule has 1 nitrogen and oxygen atoms in total. The van der Waals surface area contributed by atoms with Crippen molar-refractivity contribution in [2.45, 2.75) is 23.5 Å². The van der Waals surface area contributed by atoms with Crippen molar-refractivity contribution >= 4 is 82.8 Å². The Hall–Kier alpha value is 0.530. The maximum atomic E-state index is 13.1. The third-order valence-electron chi connectivity index (χ3n) is 3.37. The Morgan fingerprint density at radius 1 is 0.864 bits per heavy atom. The first kappa shape index (κ1) is 18.9. The van der Waals surface area contributed by atoms with Gasteiger partial charge in [0, 0.05) is 27.9 Å². The molecule has 116 valence electrons. The first-order valence-corrected chi connectivity index (χ1v) is 10.7. The van der Waals surface area contributed by atoms with Gasteiger partial charge in [-0.3, -0.25) is 4.79 Å². The van der Waals surface area contributed by atoms with Crippen molar-refractivity contribution in [2.24, 2.45) is 0 Å². The standard InChI is InChI=1S/C17H14Br2I2O/c1-9(18)15-7-11(20)3-5-13(15)17(22)14-6-4-12(21)8-16(14)10(2)19/h3-10H,1-2H3. The maximum Gasteiger partial charge on any atom is 0.193 e. The van der Waals surface area contributed by atoms with Crippen LogP contribution < -0.4 is 0 Å². The molecule has 2 aromatic rings. The molecule has 0 aliphatic heterocycles. The summed E-state index contributed by atoms with van der Waals surface area (Å²) in [5.74, 6) is 0.0791. The first-order valence-electron chi connectivity index (χ1n) is 6.73. The van der Waals surface area contributed by atoms with Gasteiger partial charge in [-0.1, -0.05) is 31.9 Å². The van der Waals surface area contributed by atoms with E-state index >= 15 is 0 Å². The van der Waals surface area contributed by atoms with Crippen LogP contribution in [0.4, 0.5) is 0 Å². The van der Waals surface area contributed by atoms with E-state index in [1.165, 1.54) is 0 Å². The number of rotatable bonds is 4. The monoisotopic (exact) mass is 646 g/mol. The third kappa shape index (κ3) is 4.33. The SMILES string of the molecule is CC(Br)c1cc(I)ccc1C(=O)c1ccc(I)cc1C(C)Br. The Morgan fingerprint density at radius 2 is 1.23 bits per heavy atom. The lowest BCUT2D eigenvalue weighted by molar-refractivity contribution is 0.103. The van der Waals surface area contributed by atoms with Gasteiger partial charge in [-0.25, -0.2) is 0 Å². The van der Waals surface area contributed by atoms with Crippen LogP contribution in [0.2, 0.25) is 0 Å². The van der Waals surface area contributed by atoms with Gasteiger partial charge in [0.1, 0.15) is 0 Å². The normalized spacial score (nSPS) is 13.7. The zero-order valence-corrected chi connectivity index (χ0v) is 19.5. The molecule has 5 heteroatoms. The van der Waals surface area contributed by atoms with Crippen molar-refractivity contribution in [3.63, 3.8) is 0 Å². The second-order valence-electron chi connectivity index (χ2n) is 5.02. The molecular weight excluding hydrogens is 634 g/mol. The summed E-state index contributed by atoms with van der Waals surface area (Å²) < 4.78 is 2.26. The second-order valence-corrected chi connectivity index (χ2v) is 10.3. The van der Waals surface area contributed by atoms with Crippen molar-refractivity contribution in [1.82, 2.24) is 0 Å². The summed E-state index contributed by atoms with van der Waals surface area (Å²) in [7, 11) is 0. The number of ketones is 1. The lowest BCUT2D eigenvalue weighted by Gasteiger charge is -2.15. The van der Waals surface area contributed by atoms with Crippen LogP contribution in [0.3, 0.4) is 0 Å². The highest BCUT2D eigenvalue weighted by Crippen LogP contribution is 2.32. The molecule has 2 atom stereocenters. The van der Waals surface area contributed by atoms with Crippen LogP contribution in [0.25, 0.3) is 0 Å². The van der Waals surface area contributed by atoms with Crippen LogP contribution in [-0.2, 0) is 0 Å². The van der Waals surface area contributed by atoms with Crippen molar-refractivity contribution in [3.8, 4) is 0 Å². The quantitative estimate of drug-likeness (QED) is 0.198. The fourth-order valence-corrected chi connectivity index (χ4v) is 4.07. The van der Waals surface area contributed by atoms with Crippen molar-refractivity contribution in [1.29, 1.82) is 0 Å². The average Bonchev–Trinajstić information content (AvgIpc) is 2.46. The fourth-order valence-electron chi connectivity index (χ4n) is 2.28. The van der Waals surface area contributed by atoms with Gasteiger partial charge < -0.3 is 0 Å². The summed E-state index contributed by atoms with van der Waals surface area (Å²) in [5, 5.41) is 0. The third-order valence-corrected chi connectivity index (χ3v) is 5.70. The number of halogens is 4. The fraction of sp³-hybridized carbons (Fsp3) is 0.235. The Balaban J connectivity index is 2.58. The molecule has 2 aromatic carbocycles. The van der Waals surface area contributed by atoms with Crippen LogP contribution in [0.5, 0.6) is 0 Å². The van der Waals surface area contributed by atoms with Crippen LogP contribution in [0.1, 0.15) is 50.6 Å². The van der Waals surface area contributed by atoms with Crippen LogP contribution in [0.15, 0.2) is 36.4 Å². The summed E-state index contributed by atoms with van der Waals surface area (Å²) >= 11 is 11.8. The van der Waals surface area contributed by atoms with E-state index in [4.69, 9.17) is 0 Å². The van der Waals surface area contributed by atoms with Gasteiger partial charge in [-0.05, 0) is 107 Å². The van der Waals surface area contributed by atoms with Gasteiger partial charge in [-0.15, -0.1) is 0 Å². The van der Waals surface area contributed by atoms with Crippen LogP contribution >= 0.6 is 77.0 Å². The highest BCUT2D eigenvalue weighted by Gasteiger charge is 2.20. The second kappa shape index (κ2) is 8.07. The van der Waals surface area contributed by atoms with Gasteiger partial charge in [-0.2, -0.15) is 0 Å². The largest absolute Gasteiger partial charge is 0.289 e. The van der Waals surface area contributed by atoms with E-state index in [9.17, 15) is 4.79 Å². The predicted octanol–water partition coefficient (Wildman–Crippen LogP) is 7.04. The molecule has 2 unspecified atom stereocenters. The van der Waals surface area contributed by atoms with E-state index < -0.39 is 0 Å². The summed E-state index contributed by atoms with van der Waals surface area (Å²) in [6.45, 7) is 4.09. The van der Waals surface area contributed by atoms with E-state index in [0.717, 1.165) is 29.4 Å². The number of carbonyl (C=O) groups is 1. The van der Waals surface area contributed by atoms with Gasteiger partial charge >= 0.3 is 0 Å². The number of alkyl halides is 2. The smallest absolute Gasteiger partial charge is 0.193 e. The molecule has 0 aliphatic carbocycles. The number of carbonyl (C=O) groups excluding carboxylic acids is 1. The Kier molecular flexibility index (Phi) is 6.92. The maximum absolute atomic E-state index is 13.1. The molecule has 22 heavy (non-hydrogen) atoms. The molecule has 0 spiro atoms. The van der Waals surface area contributed by atoms with Gasteiger partial charge in [0.2, 0.25) is 0 Å². The highest BCUT2D eigenvalue weighted by atomic mass is 127. The van der Waals surface area contributed by atoms with E-state index in [0.29, 0.717) is 0 Å². The zero-order chi connectivity index (χ0) is 16.4. The number of hydrogen-bond donors (Lipinski definition) is 0. The minimum Gasteiger partial charge on any atom is -0.289 e. The van der Waals surface area contributed by atoms with Crippen molar-refractivity contribution in [3.05, 3.63) is 65.8 Å². The first-order chi connectivity index (χ1) is 10.3. The summed E-state index contributed by atoms with van der Waals surface area (Å²) in [6.07, 6.45) is 0. The molecule has 0 radical (unpaired) electrons. The molecule has 0 amide bonds. The van der Waals surface area contributed by atoms with E-state index in [2.05, 4.69) is 89.2 Å². The molecule has 0 fully saturated rings. The number of benzene rings is 2. The van der Waals surface area contributed by atoms with Gasteiger partial charge in [0.05, 0.1) is 0 Å². The molecule has 0 aromatic heterocycles. The van der Waals surface area contributed by atoms with E-state index in [1.807, 2.05) is 38.1 Å². The Bertz CT molecular complexity index is 652. The summed E-state index contributed by atoms with van der Waals surface area (Å²) in [5.41, 5.74) is 3.59. The topological polar surface area (TPSA) is 17.1 Å². The molecule has 2 rings (SSSR count). The molecule has 0 heterocycles. The molecule has 0 bridgehead atoms. The molecule has 0 saturated carbocycles. The number of hydrogen-bond acceptors (Lipinski definition) is 1. The lowest BCUT2D eigenvalue weighted by Crippen LogP contribution is -2.09. The molecule has 0 aliphatic rings. The van der Waals surface area contributed by atoms with Crippen LogP contribution in [-0.4, -0.2) is 5.78 Å². The van der Waals surface area contributed by atoms with Gasteiger partial charge in [0.25, 0.3) is 0 Å².